The molecule has 0 fully saturated rings. The summed E-state index contributed by atoms with van der Waals surface area (Å²) < 4.78 is 24.2. The third kappa shape index (κ3) is 3.12. The van der Waals surface area contributed by atoms with Crippen LogP contribution < -0.4 is 5.32 Å². The molecular formula is C8H6BrF2N2O2. The van der Waals surface area contributed by atoms with Crippen LogP contribution in [0, 0.1) is 16.2 Å². The minimum absolute atomic E-state index is 0.0165. The van der Waals surface area contributed by atoms with Crippen molar-refractivity contribution >= 4 is 27.3 Å². The number of nitrogens with one attached hydrogen (secondary N) is 1. The Kier molecular flexibility index (Phi) is 3.96. The molecule has 0 saturated heterocycles. The first-order valence-electron chi connectivity index (χ1n) is 3.89. The Morgan fingerprint density at radius 1 is 1.67 bits per heavy atom. The molecule has 1 radical (unpaired) electrons. The first kappa shape index (κ1) is 11.8. The van der Waals surface area contributed by atoms with Crippen molar-refractivity contribution in [2.45, 2.75) is 6.43 Å². The maximum absolute atomic E-state index is 11.9. The number of nitro groups is 1. The molecule has 4 nitrogen and oxygen atoms in total. The zero-order valence-electron chi connectivity index (χ0n) is 7.34. The molecule has 0 aliphatic heterocycles. The fraction of sp³-hybridized carbons (Fsp3) is 0.250. The molecule has 0 amide bonds. The van der Waals surface area contributed by atoms with Crippen LogP contribution in [0.15, 0.2) is 16.6 Å². The van der Waals surface area contributed by atoms with E-state index in [0.717, 1.165) is 0 Å². The average Bonchev–Trinajstić information content (AvgIpc) is 2.15. The summed E-state index contributed by atoms with van der Waals surface area (Å²) in [5.41, 5.74) is -0.340. The van der Waals surface area contributed by atoms with E-state index < -0.39 is 17.9 Å². The molecule has 0 aliphatic carbocycles. The maximum Gasteiger partial charge on any atom is 0.301 e. The van der Waals surface area contributed by atoms with Crippen molar-refractivity contribution in [3.63, 3.8) is 0 Å². The lowest BCUT2D eigenvalue weighted by Gasteiger charge is -2.07. The van der Waals surface area contributed by atoms with E-state index >= 15 is 0 Å². The van der Waals surface area contributed by atoms with E-state index in [-0.39, 0.29) is 11.4 Å². The van der Waals surface area contributed by atoms with Crippen LogP contribution >= 0.6 is 15.9 Å². The van der Waals surface area contributed by atoms with Gasteiger partial charge in [0.05, 0.1) is 17.5 Å². The zero-order valence-corrected chi connectivity index (χ0v) is 8.92. The van der Waals surface area contributed by atoms with E-state index in [1.165, 1.54) is 12.1 Å². The van der Waals surface area contributed by atoms with Crippen molar-refractivity contribution in [2.75, 3.05) is 11.9 Å². The predicted octanol–water partition coefficient (Wildman–Crippen LogP) is 2.83. The quantitative estimate of drug-likeness (QED) is 0.681. The molecule has 0 unspecified atom stereocenters. The van der Waals surface area contributed by atoms with Crippen molar-refractivity contribution < 1.29 is 13.7 Å². The fourth-order valence-corrected chi connectivity index (χ4v) is 1.41. The SMILES string of the molecule is O=[N+]([O-])c1[c]ccc(Br)c1NCC(F)F. The molecule has 0 bridgehead atoms. The lowest BCUT2D eigenvalue weighted by molar-refractivity contribution is -0.384. The molecule has 15 heavy (non-hydrogen) atoms. The van der Waals surface area contributed by atoms with Crippen LogP contribution in [0.5, 0.6) is 0 Å². The largest absolute Gasteiger partial charge is 0.373 e. The fourth-order valence-electron chi connectivity index (χ4n) is 0.954. The van der Waals surface area contributed by atoms with Gasteiger partial charge in [0.25, 0.3) is 6.43 Å². The van der Waals surface area contributed by atoms with Gasteiger partial charge in [-0.15, -0.1) is 0 Å². The second kappa shape index (κ2) is 5.01. The molecule has 0 saturated carbocycles. The normalized spacial score (nSPS) is 10.4. The summed E-state index contributed by atoms with van der Waals surface area (Å²) in [6.07, 6.45) is -2.57. The molecule has 0 aromatic heterocycles. The highest BCUT2D eigenvalue weighted by molar-refractivity contribution is 9.10. The summed E-state index contributed by atoms with van der Waals surface area (Å²) in [6, 6.07) is 5.19. The van der Waals surface area contributed by atoms with E-state index in [4.69, 9.17) is 0 Å². The number of anilines is 1. The van der Waals surface area contributed by atoms with Crippen molar-refractivity contribution in [1.82, 2.24) is 0 Å². The van der Waals surface area contributed by atoms with E-state index in [9.17, 15) is 18.9 Å². The smallest absolute Gasteiger partial charge is 0.301 e. The third-order valence-corrected chi connectivity index (χ3v) is 2.20. The summed E-state index contributed by atoms with van der Waals surface area (Å²) in [4.78, 5) is 9.86. The Bertz CT molecular complexity index is 374. The summed E-state index contributed by atoms with van der Waals surface area (Å²) >= 11 is 3.03. The monoisotopic (exact) mass is 279 g/mol. The molecule has 1 aromatic rings. The van der Waals surface area contributed by atoms with Gasteiger partial charge in [-0.1, -0.05) is 0 Å². The number of nitro benzene ring substituents is 1. The number of hydrogen-bond donors (Lipinski definition) is 1. The molecular weight excluding hydrogens is 274 g/mol. The van der Waals surface area contributed by atoms with Gasteiger partial charge in [-0.2, -0.15) is 0 Å². The van der Waals surface area contributed by atoms with Crippen LogP contribution in [0.1, 0.15) is 0 Å². The first-order chi connectivity index (χ1) is 7.02. The molecule has 7 heteroatoms. The van der Waals surface area contributed by atoms with Gasteiger partial charge in [0.2, 0.25) is 0 Å². The number of rotatable bonds is 4. The van der Waals surface area contributed by atoms with Gasteiger partial charge in [0.1, 0.15) is 5.69 Å². The summed E-state index contributed by atoms with van der Waals surface area (Å²) in [7, 11) is 0. The number of halogens is 3. The van der Waals surface area contributed by atoms with Gasteiger partial charge in [-0.25, -0.2) is 8.78 Å². The van der Waals surface area contributed by atoms with Gasteiger partial charge in [-0.05, 0) is 28.1 Å². The van der Waals surface area contributed by atoms with Crippen molar-refractivity contribution in [2.24, 2.45) is 0 Å². The molecule has 1 rings (SSSR count). The molecule has 81 valence electrons. The predicted molar refractivity (Wildman–Crippen MR) is 54.1 cm³/mol. The highest BCUT2D eigenvalue weighted by atomic mass is 79.9. The highest BCUT2D eigenvalue weighted by Crippen LogP contribution is 2.31. The minimum Gasteiger partial charge on any atom is -0.373 e. The van der Waals surface area contributed by atoms with Crippen LogP contribution in [0.2, 0.25) is 0 Å². The third-order valence-electron chi connectivity index (χ3n) is 1.54. The van der Waals surface area contributed by atoms with Crippen LogP contribution in [-0.2, 0) is 0 Å². The molecule has 1 aromatic carbocycles. The van der Waals surface area contributed by atoms with Crippen LogP contribution in [0.25, 0.3) is 0 Å². The average molecular weight is 280 g/mol. The first-order valence-corrected chi connectivity index (χ1v) is 4.68. The van der Waals surface area contributed by atoms with Gasteiger partial charge < -0.3 is 5.32 Å². The molecule has 0 atom stereocenters. The Morgan fingerprint density at radius 3 is 2.87 bits per heavy atom. The van der Waals surface area contributed by atoms with E-state index in [1.54, 1.807) is 0 Å². The second-order valence-corrected chi connectivity index (χ2v) is 3.43. The Balaban J connectivity index is 2.97. The van der Waals surface area contributed by atoms with E-state index in [2.05, 4.69) is 27.3 Å². The Labute approximate surface area is 92.6 Å². The number of benzene rings is 1. The van der Waals surface area contributed by atoms with Gasteiger partial charge in [-0.3, -0.25) is 10.1 Å². The summed E-state index contributed by atoms with van der Waals surface area (Å²) in [6.45, 7) is -0.642. The lowest BCUT2D eigenvalue weighted by Crippen LogP contribution is -2.11. The second-order valence-electron chi connectivity index (χ2n) is 2.58. The van der Waals surface area contributed by atoms with Crippen molar-refractivity contribution in [3.8, 4) is 0 Å². The van der Waals surface area contributed by atoms with Crippen molar-refractivity contribution in [1.29, 1.82) is 0 Å². The van der Waals surface area contributed by atoms with Crippen LogP contribution in [0.4, 0.5) is 20.2 Å². The van der Waals surface area contributed by atoms with Crippen LogP contribution in [0.3, 0.4) is 0 Å². The number of hydrogen-bond acceptors (Lipinski definition) is 3. The van der Waals surface area contributed by atoms with Crippen LogP contribution in [-0.4, -0.2) is 17.9 Å². The highest BCUT2D eigenvalue weighted by Gasteiger charge is 2.17. The zero-order chi connectivity index (χ0) is 11.4. The number of alkyl halides is 2. The summed E-state index contributed by atoms with van der Waals surface area (Å²) in [5, 5.41) is 12.8. The van der Waals surface area contributed by atoms with Gasteiger partial charge in [0, 0.05) is 4.47 Å². The maximum atomic E-state index is 11.9. The Hall–Kier alpha value is -1.24. The molecule has 0 spiro atoms. The topological polar surface area (TPSA) is 55.2 Å². The lowest BCUT2D eigenvalue weighted by atomic mass is 10.2. The molecule has 1 N–H and O–H groups in total. The van der Waals surface area contributed by atoms with E-state index in [0.29, 0.717) is 4.47 Å². The van der Waals surface area contributed by atoms with E-state index in [1.807, 2.05) is 0 Å². The number of nitrogens with zero attached hydrogens (tertiary/aromatic N) is 1. The minimum atomic E-state index is -2.57. The molecule has 0 heterocycles. The van der Waals surface area contributed by atoms with Gasteiger partial charge in [0.15, 0.2) is 0 Å². The van der Waals surface area contributed by atoms with Crippen molar-refractivity contribution in [3.05, 3.63) is 32.8 Å². The van der Waals surface area contributed by atoms with Gasteiger partial charge >= 0.3 is 5.69 Å². The summed E-state index contributed by atoms with van der Waals surface area (Å²) in [5.74, 6) is 0. The standard InChI is InChI=1S/C8H6BrF2N2O2/c9-5-2-1-3-6(13(14)15)8(5)12-4-7(10)11/h1-2,7,12H,4H2. The molecule has 0 aliphatic rings. The Morgan fingerprint density at radius 2 is 2.33 bits per heavy atom.